The first-order valence-electron chi connectivity index (χ1n) is 8.52. The van der Waals surface area contributed by atoms with Crippen LogP contribution in [-0.4, -0.2) is 0 Å². The molecule has 0 aliphatic heterocycles. The highest BCUT2D eigenvalue weighted by Crippen LogP contribution is 2.24. The zero-order valence-corrected chi connectivity index (χ0v) is 15.5. The van der Waals surface area contributed by atoms with Gasteiger partial charge in [0.2, 0.25) is 0 Å². The minimum Gasteiger partial charge on any atom is -0.106 e. The van der Waals surface area contributed by atoms with Crippen LogP contribution in [0.2, 0.25) is 0 Å². The molecule has 2 rings (SSSR count). The van der Waals surface area contributed by atoms with E-state index in [0.29, 0.717) is 0 Å². The standard InChI is InChI=1S/C19H22.C2H6.C2H4/c1-4-9-18(19-13-8-6-11-16(19)3)14-17-12-7-5-10-15(17)2;2*1-2/h5-13H,4,14H2,1-3H3;1-2H3;1-2H2. The summed E-state index contributed by atoms with van der Waals surface area (Å²) in [6, 6.07) is 17.3. The summed E-state index contributed by atoms with van der Waals surface area (Å²) in [5, 5.41) is 0. The average molecular weight is 309 g/mol. The van der Waals surface area contributed by atoms with E-state index in [1.165, 1.54) is 27.8 Å². The number of hydrogen-bond donors (Lipinski definition) is 0. The summed E-state index contributed by atoms with van der Waals surface area (Å²) in [7, 11) is 0. The zero-order valence-electron chi connectivity index (χ0n) is 15.5. The molecule has 2 aromatic carbocycles. The van der Waals surface area contributed by atoms with Crippen molar-refractivity contribution < 1.29 is 0 Å². The second-order valence-electron chi connectivity index (χ2n) is 5.06. The molecule has 0 saturated carbocycles. The van der Waals surface area contributed by atoms with Gasteiger partial charge < -0.3 is 0 Å². The molecule has 0 heterocycles. The number of benzene rings is 2. The Bertz CT molecular complexity index is 590. The van der Waals surface area contributed by atoms with Crippen LogP contribution < -0.4 is 0 Å². The molecule has 0 N–H and O–H groups in total. The lowest BCUT2D eigenvalue weighted by atomic mass is 9.92. The molecular formula is C23H32. The minimum atomic E-state index is 1.02. The van der Waals surface area contributed by atoms with E-state index in [0.717, 1.165) is 12.8 Å². The lowest BCUT2D eigenvalue weighted by molar-refractivity contribution is 1.17. The largest absolute Gasteiger partial charge is 0.106 e. The summed E-state index contributed by atoms with van der Waals surface area (Å²) in [5.74, 6) is 0. The molecule has 0 aliphatic rings. The van der Waals surface area contributed by atoms with Crippen molar-refractivity contribution >= 4 is 5.57 Å². The van der Waals surface area contributed by atoms with E-state index in [2.05, 4.69) is 88.5 Å². The van der Waals surface area contributed by atoms with Crippen molar-refractivity contribution in [2.24, 2.45) is 0 Å². The molecule has 2 aromatic rings. The molecule has 0 spiro atoms. The lowest BCUT2D eigenvalue weighted by Crippen LogP contribution is -1.96. The van der Waals surface area contributed by atoms with E-state index in [4.69, 9.17) is 0 Å². The normalized spacial score (nSPS) is 10.0. The maximum absolute atomic E-state index is 3.00. The van der Waals surface area contributed by atoms with E-state index in [-0.39, 0.29) is 0 Å². The molecule has 0 radical (unpaired) electrons. The fourth-order valence-electron chi connectivity index (χ4n) is 2.47. The van der Waals surface area contributed by atoms with Gasteiger partial charge in [-0.1, -0.05) is 75.4 Å². The second-order valence-corrected chi connectivity index (χ2v) is 5.06. The van der Waals surface area contributed by atoms with E-state index in [1.807, 2.05) is 13.8 Å². The Morgan fingerprint density at radius 3 is 1.91 bits per heavy atom. The molecule has 0 unspecified atom stereocenters. The molecular weight excluding hydrogens is 276 g/mol. The number of hydrogen-bond acceptors (Lipinski definition) is 0. The third-order valence-electron chi connectivity index (χ3n) is 3.58. The van der Waals surface area contributed by atoms with Gasteiger partial charge in [0.1, 0.15) is 0 Å². The SMILES string of the molecule is C=C.CC.CCC=C(Cc1ccccc1C)c1ccccc1C. The summed E-state index contributed by atoms with van der Waals surface area (Å²) in [5.41, 5.74) is 6.97. The second kappa shape index (κ2) is 12.5. The number of rotatable bonds is 4. The fourth-order valence-corrected chi connectivity index (χ4v) is 2.47. The van der Waals surface area contributed by atoms with Crippen molar-refractivity contribution in [3.05, 3.63) is 90.0 Å². The molecule has 124 valence electrons. The molecule has 0 amide bonds. The summed E-state index contributed by atoms with van der Waals surface area (Å²) in [6.45, 7) is 16.6. The van der Waals surface area contributed by atoms with Gasteiger partial charge in [-0.15, -0.1) is 13.2 Å². The van der Waals surface area contributed by atoms with Gasteiger partial charge in [-0.3, -0.25) is 0 Å². The Hall–Kier alpha value is -2.08. The third-order valence-corrected chi connectivity index (χ3v) is 3.58. The van der Waals surface area contributed by atoms with Crippen molar-refractivity contribution in [2.45, 2.75) is 47.5 Å². The predicted octanol–water partition coefficient (Wildman–Crippen LogP) is 7.17. The zero-order chi connectivity index (χ0) is 17.7. The van der Waals surface area contributed by atoms with Gasteiger partial charge in [0, 0.05) is 0 Å². The van der Waals surface area contributed by atoms with Gasteiger partial charge >= 0.3 is 0 Å². The first-order valence-corrected chi connectivity index (χ1v) is 8.52. The van der Waals surface area contributed by atoms with Crippen LogP contribution >= 0.6 is 0 Å². The van der Waals surface area contributed by atoms with Crippen LogP contribution in [0, 0.1) is 13.8 Å². The van der Waals surface area contributed by atoms with Crippen molar-refractivity contribution in [1.29, 1.82) is 0 Å². The van der Waals surface area contributed by atoms with Crippen LogP contribution in [0.15, 0.2) is 67.8 Å². The maximum atomic E-state index is 3.00. The summed E-state index contributed by atoms with van der Waals surface area (Å²) < 4.78 is 0. The monoisotopic (exact) mass is 308 g/mol. The van der Waals surface area contributed by atoms with Crippen LogP contribution in [0.25, 0.3) is 5.57 Å². The molecule has 0 fully saturated rings. The Kier molecular flexibility index (Phi) is 11.3. The molecule has 0 bridgehead atoms. The Morgan fingerprint density at radius 1 is 0.870 bits per heavy atom. The van der Waals surface area contributed by atoms with Gasteiger partial charge in [-0.05, 0) is 54.5 Å². The first kappa shape index (κ1) is 20.9. The topological polar surface area (TPSA) is 0 Å². The van der Waals surface area contributed by atoms with Crippen LogP contribution in [0.3, 0.4) is 0 Å². The van der Waals surface area contributed by atoms with Crippen LogP contribution in [-0.2, 0) is 6.42 Å². The van der Waals surface area contributed by atoms with Crippen molar-refractivity contribution in [3.8, 4) is 0 Å². The number of aryl methyl sites for hydroxylation is 2. The van der Waals surface area contributed by atoms with Gasteiger partial charge in [0.25, 0.3) is 0 Å². The van der Waals surface area contributed by atoms with Crippen molar-refractivity contribution in [3.63, 3.8) is 0 Å². The Morgan fingerprint density at radius 2 is 1.39 bits per heavy atom. The molecule has 0 heteroatoms. The van der Waals surface area contributed by atoms with Crippen molar-refractivity contribution in [1.82, 2.24) is 0 Å². The summed E-state index contributed by atoms with van der Waals surface area (Å²) in [6.07, 6.45) is 4.45. The molecule has 0 aromatic heterocycles. The van der Waals surface area contributed by atoms with Gasteiger partial charge in [0.05, 0.1) is 0 Å². The van der Waals surface area contributed by atoms with Gasteiger partial charge in [-0.25, -0.2) is 0 Å². The van der Waals surface area contributed by atoms with Crippen LogP contribution in [0.4, 0.5) is 0 Å². The highest BCUT2D eigenvalue weighted by molar-refractivity contribution is 5.70. The van der Waals surface area contributed by atoms with Gasteiger partial charge in [-0.2, -0.15) is 0 Å². The van der Waals surface area contributed by atoms with E-state index < -0.39 is 0 Å². The van der Waals surface area contributed by atoms with E-state index >= 15 is 0 Å². The predicted molar refractivity (Wildman–Crippen MR) is 107 cm³/mol. The molecule has 0 aliphatic carbocycles. The summed E-state index contributed by atoms with van der Waals surface area (Å²) in [4.78, 5) is 0. The highest BCUT2D eigenvalue weighted by atomic mass is 14.1. The molecule has 0 saturated heterocycles. The maximum Gasteiger partial charge on any atom is -0.00203 e. The Labute approximate surface area is 143 Å². The van der Waals surface area contributed by atoms with Gasteiger partial charge in [0.15, 0.2) is 0 Å². The highest BCUT2D eigenvalue weighted by Gasteiger charge is 2.06. The van der Waals surface area contributed by atoms with E-state index in [9.17, 15) is 0 Å². The summed E-state index contributed by atoms with van der Waals surface area (Å²) >= 11 is 0. The van der Waals surface area contributed by atoms with Crippen molar-refractivity contribution in [2.75, 3.05) is 0 Å². The van der Waals surface area contributed by atoms with E-state index in [1.54, 1.807) is 0 Å². The minimum absolute atomic E-state index is 1.02. The molecule has 23 heavy (non-hydrogen) atoms. The first-order chi connectivity index (χ1) is 11.2. The lowest BCUT2D eigenvalue weighted by Gasteiger charge is -2.13. The fraction of sp³-hybridized carbons (Fsp3) is 0.304. The molecule has 0 nitrogen and oxygen atoms in total. The van der Waals surface area contributed by atoms with Crippen LogP contribution in [0.5, 0.6) is 0 Å². The quantitative estimate of drug-likeness (QED) is 0.525. The van der Waals surface area contributed by atoms with Crippen LogP contribution in [0.1, 0.15) is 49.4 Å². The number of allylic oxidation sites excluding steroid dienone is 2. The third kappa shape index (κ3) is 6.69. The average Bonchev–Trinajstić information content (AvgIpc) is 2.60. The smallest absolute Gasteiger partial charge is 0.00203 e. The molecule has 0 atom stereocenters. The Balaban J connectivity index is 0.00000112.